The van der Waals surface area contributed by atoms with Crippen molar-refractivity contribution in [1.29, 1.82) is 0 Å². The van der Waals surface area contributed by atoms with E-state index in [0.29, 0.717) is 26.9 Å². The van der Waals surface area contributed by atoms with Crippen LogP contribution < -0.4 is 0 Å². The minimum absolute atomic E-state index is 0.0191. The fraction of sp³-hybridized carbons (Fsp3) is 0.0526. The molecule has 27 heavy (non-hydrogen) atoms. The van der Waals surface area contributed by atoms with Gasteiger partial charge >= 0.3 is 0 Å². The second kappa shape index (κ2) is 7.46. The molecule has 0 saturated carbocycles. The largest absolute Gasteiger partial charge is 0.293 e. The lowest BCUT2D eigenvalue weighted by atomic mass is 10.1. The van der Waals surface area contributed by atoms with Gasteiger partial charge in [-0.3, -0.25) is 4.79 Å². The minimum Gasteiger partial charge on any atom is -0.293 e. The molecule has 2 aromatic carbocycles. The van der Waals surface area contributed by atoms with Gasteiger partial charge in [0, 0.05) is 10.6 Å². The summed E-state index contributed by atoms with van der Waals surface area (Å²) in [6.45, 7) is 0. The zero-order valence-corrected chi connectivity index (χ0v) is 15.4. The Morgan fingerprint density at radius 2 is 1.81 bits per heavy atom. The molecule has 0 radical (unpaired) electrons. The van der Waals surface area contributed by atoms with E-state index in [1.54, 1.807) is 47.3 Å². The third-order valence-corrected chi connectivity index (χ3v) is 5.16. The Balaban J connectivity index is 1.58. The SMILES string of the molecule is O=C(CSc1ncnc2c1cnn2-c1ccc(F)cc1)c1ccc(Cl)cc1. The van der Waals surface area contributed by atoms with Gasteiger partial charge in [0.2, 0.25) is 0 Å². The molecule has 0 unspecified atom stereocenters. The van der Waals surface area contributed by atoms with E-state index < -0.39 is 0 Å². The molecule has 0 bridgehead atoms. The number of nitrogens with zero attached hydrogens (tertiary/aromatic N) is 4. The van der Waals surface area contributed by atoms with Gasteiger partial charge in [-0.1, -0.05) is 23.4 Å². The normalized spacial score (nSPS) is 11.0. The third kappa shape index (κ3) is 3.70. The smallest absolute Gasteiger partial charge is 0.173 e. The van der Waals surface area contributed by atoms with Crippen molar-refractivity contribution >= 4 is 40.2 Å². The van der Waals surface area contributed by atoms with Crippen molar-refractivity contribution in [2.45, 2.75) is 5.03 Å². The number of benzene rings is 2. The van der Waals surface area contributed by atoms with Gasteiger partial charge in [-0.05, 0) is 48.5 Å². The molecule has 0 aliphatic heterocycles. The summed E-state index contributed by atoms with van der Waals surface area (Å²) in [5.74, 6) is -0.105. The van der Waals surface area contributed by atoms with Gasteiger partial charge in [-0.15, -0.1) is 0 Å². The fourth-order valence-electron chi connectivity index (χ4n) is 2.56. The average molecular weight is 399 g/mol. The van der Waals surface area contributed by atoms with Crippen LogP contribution in [0.2, 0.25) is 5.02 Å². The summed E-state index contributed by atoms with van der Waals surface area (Å²) in [5, 5.41) is 6.31. The van der Waals surface area contributed by atoms with Crippen LogP contribution in [0.5, 0.6) is 0 Å². The first-order valence-electron chi connectivity index (χ1n) is 7.98. The molecule has 4 aromatic rings. The predicted molar refractivity (Wildman–Crippen MR) is 103 cm³/mol. The topological polar surface area (TPSA) is 60.7 Å². The monoisotopic (exact) mass is 398 g/mol. The van der Waals surface area contributed by atoms with Crippen molar-refractivity contribution in [2.24, 2.45) is 0 Å². The van der Waals surface area contributed by atoms with E-state index in [2.05, 4.69) is 15.1 Å². The number of hydrogen-bond acceptors (Lipinski definition) is 5. The number of carbonyl (C=O) groups is 1. The number of Topliss-reactive ketones (excluding diaryl/α,β-unsaturated/α-hetero) is 1. The van der Waals surface area contributed by atoms with Crippen LogP contribution in [0, 0.1) is 5.82 Å². The summed E-state index contributed by atoms with van der Waals surface area (Å²) in [6, 6.07) is 12.8. The van der Waals surface area contributed by atoms with Crippen molar-refractivity contribution < 1.29 is 9.18 Å². The summed E-state index contributed by atoms with van der Waals surface area (Å²) in [6.07, 6.45) is 3.08. The van der Waals surface area contributed by atoms with E-state index in [4.69, 9.17) is 11.6 Å². The molecule has 0 saturated heterocycles. The van der Waals surface area contributed by atoms with Crippen molar-refractivity contribution in [3.8, 4) is 5.69 Å². The van der Waals surface area contributed by atoms with Crippen LogP contribution in [-0.2, 0) is 0 Å². The summed E-state index contributed by atoms with van der Waals surface area (Å²) >= 11 is 7.17. The van der Waals surface area contributed by atoms with Gasteiger partial charge in [0.15, 0.2) is 11.4 Å². The molecule has 8 heteroatoms. The van der Waals surface area contributed by atoms with Crippen LogP contribution in [0.1, 0.15) is 10.4 Å². The molecule has 4 rings (SSSR count). The van der Waals surface area contributed by atoms with E-state index in [0.717, 1.165) is 5.39 Å². The van der Waals surface area contributed by atoms with Gasteiger partial charge in [-0.2, -0.15) is 5.10 Å². The Kier molecular flexibility index (Phi) is 4.87. The molecule has 0 spiro atoms. The summed E-state index contributed by atoms with van der Waals surface area (Å²) in [5.41, 5.74) is 1.88. The van der Waals surface area contributed by atoms with Crippen LogP contribution in [0.15, 0.2) is 66.1 Å². The van der Waals surface area contributed by atoms with Gasteiger partial charge in [0.05, 0.1) is 23.0 Å². The van der Waals surface area contributed by atoms with Gasteiger partial charge in [0.25, 0.3) is 0 Å². The molecular weight excluding hydrogens is 387 g/mol. The highest BCUT2D eigenvalue weighted by molar-refractivity contribution is 8.00. The fourth-order valence-corrected chi connectivity index (χ4v) is 3.54. The van der Waals surface area contributed by atoms with Crippen LogP contribution in [0.25, 0.3) is 16.7 Å². The van der Waals surface area contributed by atoms with E-state index in [1.165, 1.54) is 30.2 Å². The summed E-state index contributed by atoms with van der Waals surface area (Å²) in [4.78, 5) is 20.9. The van der Waals surface area contributed by atoms with Crippen LogP contribution in [0.4, 0.5) is 4.39 Å². The highest BCUT2D eigenvalue weighted by Gasteiger charge is 2.14. The standard InChI is InChI=1S/C19H12ClFN4OS/c20-13-3-1-12(2-4-13)17(26)10-27-19-16-9-24-25(18(16)22-11-23-19)15-7-5-14(21)6-8-15/h1-9,11H,10H2. The Bertz CT molecular complexity index is 1110. The second-order valence-electron chi connectivity index (χ2n) is 5.67. The maximum Gasteiger partial charge on any atom is 0.173 e. The molecule has 0 aliphatic carbocycles. The molecule has 134 valence electrons. The molecule has 2 aromatic heterocycles. The lowest BCUT2D eigenvalue weighted by Crippen LogP contribution is -2.02. The lowest BCUT2D eigenvalue weighted by Gasteiger charge is -2.04. The molecular formula is C19H12ClFN4OS. The summed E-state index contributed by atoms with van der Waals surface area (Å²) < 4.78 is 14.8. The molecule has 5 nitrogen and oxygen atoms in total. The Hall–Kier alpha value is -2.77. The van der Waals surface area contributed by atoms with Crippen LogP contribution in [0.3, 0.4) is 0 Å². The Labute approximate surface area is 163 Å². The van der Waals surface area contributed by atoms with Gasteiger partial charge in [0.1, 0.15) is 17.2 Å². The minimum atomic E-state index is -0.318. The highest BCUT2D eigenvalue weighted by atomic mass is 35.5. The number of fused-ring (bicyclic) bond motifs is 1. The molecule has 0 N–H and O–H groups in total. The number of thioether (sulfide) groups is 1. The Morgan fingerprint density at radius 3 is 2.56 bits per heavy atom. The zero-order chi connectivity index (χ0) is 18.8. The van der Waals surface area contributed by atoms with Crippen molar-refractivity contribution in [1.82, 2.24) is 19.7 Å². The molecule has 0 aliphatic rings. The first kappa shape index (κ1) is 17.6. The van der Waals surface area contributed by atoms with Crippen molar-refractivity contribution in [3.05, 3.63) is 77.5 Å². The lowest BCUT2D eigenvalue weighted by molar-refractivity contribution is 0.102. The maximum absolute atomic E-state index is 13.1. The van der Waals surface area contributed by atoms with Crippen LogP contribution in [-0.4, -0.2) is 31.3 Å². The first-order valence-corrected chi connectivity index (χ1v) is 9.34. The number of halogens is 2. The van der Waals surface area contributed by atoms with Crippen molar-refractivity contribution in [3.63, 3.8) is 0 Å². The quantitative estimate of drug-likeness (QED) is 0.279. The van der Waals surface area contributed by atoms with E-state index in [1.807, 2.05) is 0 Å². The van der Waals surface area contributed by atoms with Gasteiger partial charge < -0.3 is 0 Å². The number of aromatic nitrogens is 4. The molecule has 0 amide bonds. The average Bonchev–Trinajstić information content (AvgIpc) is 3.12. The number of rotatable bonds is 5. The molecule has 0 atom stereocenters. The zero-order valence-electron chi connectivity index (χ0n) is 13.8. The second-order valence-corrected chi connectivity index (χ2v) is 7.07. The third-order valence-electron chi connectivity index (χ3n) is 3.91. The van der Waals surface area contributed by atoms with E-state index in [9.17, 15) is 9.18 Å². The predicted octanol–water partition coefficient (Wildman–Crippen LogP) is 4.58. The van der Waals surface area contributed by atoms with E-state index >= 15 is 0 Å². The molecule has 0 fully saturated rings. The van der Waals surface area contributed by atoms with Crippen molar-refractivity contribution in [2.75, 3.05) is 5.75 Å². The number of ketones is 1. The highest BCUT2D eigenvalue weighted by Crippen LogP contribution is 2.26. The van der Waals surface area contributed by atoms with E-state index in [-0.39, 0.29) is 17.4 Å². The number of hydrogen-bond donors (Lipinski definition) is 0. The number of carbonyl (C=O) groups excluding carboxylic acids is 1. The van der Waals surface area contributed by atoms with Gasteiger partial charge in [-0.25, -0.2) is 19.0 Å². The Morgan fingerprint density at radius 1 is 1.07 bits per heavy atom. The summed E-state index contributed by atoms with van der Waals surface area (Å²) in [7, 11) is 0. The first-order chi connectivity index (χ1) is 13.1. The maximum atomic E-state index is 13.1. The van der Waals surface area contributed by atoms with Crippen LogP contribution >= 0.6 is 23.4 Å². The molecule has 2 heterocycles.